The number of fused-ring (bicyclic) bond motifs is 1. The van der Waals surface area contributed by atoms with Crippen LogP contribution in [0, 0.1) is 0 Å². The lowest BCUT2D eigenvalue weighted by molar-refractivity contribution is -0.123. The number of hydrogen-bond acceptors (Lipinski definition) is 7. The predicted molar refractivity (Wildman–Crippen MR) is 205 cm³/mol. The van der Waals surface area contributed by atoms with Gasteiger partial charge in [0.1, 0.15) is 11.6 Å². The monoisotopic (exact) mass is 731 g/mol. The van der Waals surface area contributed by atoms with Crippen molar-refractivity contribution in [2.45, 2.75) is 80.2 Å². The van der Waals surface area contributed by atoms with Crippen molar-refractivity contribution in [3.05, 3.63) is 108 Å². The zero-order valence-corrected chi connectivity index (χ0v) is 31.1. The van der Waals surface area contributed by atoms with E-state index in [4.69, 9.17) is 4.74 Å². The highest BCUT2D eigenvalue weighted by atomic mass is 32.2. The molecule has 2 aliphatic heterocycles. The highest BCUT2D eigenvalue weighted by Gasteiger charge is 2.42. The Hall–Kier alpha value is -4.16. The minimum absolute atomic E-state index is 0.0746. The molecular formula is C39H49N5O5S2. The molecule has 0 aliphatic carbocycles. The van der Waals surface area contributed by atoms with Crippen molar-refractivity contribution >= 4 is 47.5 Å². The van der Waals surface area contributed by atoms with Crippen LogP contribution in [0.4, 0.5) is 9.59 Å². The number of carbonyl (C=O) groups excluding carboxylic acids is 4. The van der Waals surface area contributed by atoms with Crippen molar-refractivity contribution in [3.8, 4) is 0 Å². The Bertz CT molecular complexity index is 1510. The second-order valence-electron chi connectivity index (χ2n) is 13.8. The first-order valence-corrected chi connectivity index (χ1v) is 19.6. The highest BCUT2D eigenvalue weighted by Crippen LogP contribution is 2.48. The first-order chi connectivity index (χ1) is 24.5. The van der Waals surface area contributed by atoms with Crippen LogP contribution >= 0.6 is 23.5 Å². The maximum Gasteiger partial charge on any atom is 0.408 e. The van der Waals surface area contributed by atoms with Crippen LogP contribution in [-0.2, 0) is 19.1 Å². The van der Waals surface area contributed by atoms with E-state index in [1.807, 2.05) is 66.4 Å². The number of urea groups is 1. The van der Waals surface area contributed by atoms with Gasteiger partial charge in [-0.3, -0.25) is 9.59 Å². The molecule has 272 valence electrons. The molecule has 0 bridgehead atoms. The third-order valence-corrected chi connectivity index (χ3v) is 12.0. The van der Waals surface area contributed by atoms with E-state index in [0.29, 0.717) is 11.7 Å². The molecule has 4 atom stereocenters. The lowest BCUT2D eigenvalue weighted by atomic mass is 9.84. The summed E-state index contributed by atoms with van der Waals surface area (Å²) in [6.07, 6.45) is 2.30. The molecular weight excluding hydrogens is 683 g/mol. The van der Waals surface area contributed by atoms with Crippen molar-refractivity contribution in [1.29, 1.82) is 0 Å². The van der Waals surface area contributed by atoms with Gasteiger partial charge >= 0.3 is 12.1 Å². The average Bonchev–Trinajstić information content (AvgIpc) is 3.67. The van der Waals surface area contributed by atoms with Gasteiger partial charge < -0.3 is 31.3 Å². The van der Waals surface area contributed by atoms with E-state index in [9.17, 15) is 19.2 Å². The number of carbonyl (C=O) groups is 4. The van der Waals surface area contributed by atoms with Crippen molar-refractivity contribution in [1.82, 2.24) is 26.6 Å². The number of hydrogen-bond donors (Lipinski definition) is 5. The normalized spacial score (nSPS) is 18.9. The number of unbranched alkanes of at least 4 members (excludes halogenated alkanes) is 1. The van der Waals surface area contributed by atoms with E-state index in [1.54, 1.807) is 32.5 Å². The number of ether oxygens (including phenoxy) is 1. The molecule has 2 heterocycles. The second-order valence-corrected chi connectivity index (χ2v) is 16.3. The fourth-order valence-electron chi connectivity index (χ4n) is 6.48. The quantitative estimate of drug-likeness (QED) is 0.0739. The fourth-order valence-corrected chi connectivity index (χ4v) is 9.59. The van der Waals surface area contributed by atoms with E-state index in [-0.39, 0.29) is 48.8 Å². The molecule has 3 aromatic rings. The first-order valence-electron chi connectivity index (χ1n) is 17.6. The summed E-state index contributed by atoms with van der Waals surface area (Å²) >= 11 is 3.44. The minimum Gasteiger partial charge on any atom is -0.444 e. The van der Waals surface area contributed by atoms with Gasteiger partial charge in [-0.25, -0.2) is 9.59 Å². The van der Waals surface area contributed by atoms with Crippen LogP contribution in [0.3, 0.4) is 0 Å². The SMILES string of the molecule is CC(C)(C)OC(=O)NC(CSC(c1ccccc1)(c1ccccc1)c1ccccc1)C(=O)NCCNC(=O)CCCCC1SCC2NC(=O)NC21. The molecule has 4 unspecified atom stereocenters. The second kappa shape index (κ2) is 17.9. The molecule has 2 fully saturated rings. The van der Waals surface area contributed by atoms with Crippen LogP contribution in [0.25, 0.3) is 0 Å². The lowest BCUT2D eigenvalue weighted by Crippen LogP contribution is -2.51. The predicted octanol–water partition coefficient (Wildman–Crippen LogP) is 5.56. The summed E-state index contributed by atoms with van der Waals surface area (Å²) in [5.74, 6) is 0.707. The summed E-state index contributed by atoms with van der Waals surface area (Å²) in [6, 6.07) is 29.8. The number of nitrogens with one attached hydrogen (secondary N) is 5. The zero-order valence-electron chi connectivity index (χ0n) is 29.5. The summed E-state index contributed by atoms with van der Waals surface area (Å²) in [7, 11) is 0. The van der Waals surface area contributed by atoms with Crippen molar-refractivity contribution < 1.29 is 23.9 Å². The van der Waals surface area contributed by atoms with E-state index >= 15 is 0 Å². The number of alkyl carbamates (subject to hydrolysis) is 1. The molecule has 2 saturated heterocycles. The molecule has 12 heteroatoms. The van der Waals surface area contributed by atoms with Gasteiger partial charge in [0.25, 0.3) is 0 Å². The molecule has 2 aliphatic rings. The molecule has 5 N–H and O–H groups in total. The Balaban J connectivity index is 1.20. The van der Waals surface area contributed by atoms with Gasteiger partial charge in [0.15, 0.2) is 0 Å². The highest BCUT2D eigenvalue weighted by molar-refractivity contribution is 8.00. The smallest absolute Gasteiger partial charge is 0.408 e. The van der Waals surface area contributed by atoms with Crippen molar-refractivity contribution in [3.63, 3.8) is 0 Å². The largest absolute Gasteiger partial charge is 0.444 e. The molecule has 5 amide bonds. The molecule has 51 heavy (non-hydrogen) atoms. The summed E-state index contributed by atoms with van der Waals surface area (Å²) in [5.41, 5.74) is 2.38. The number of thioether (sulfide) groups is 2. The molecule has 0 spiro atoms. The maximum absolute atomic E-state index is 13.7. The van der Waals surface area contributed by atoms with Gasteiger partial charge in [-0.05, 0) is 50.3 Å². The molecule has 0 radical (unpaired) electrons. The molecule has 0 aromatic heterocycles. The standard InChI is InChI=1S/C39H49N5O5S2/c1-38(2,3)49-37(48)43-31(35(46)41-24-23-40-33(45)22-14-13-21-32-34-30(25-50-32)42-36(47)44-34)26-51-39(27-15-7-4-8-16-27,28-17-9-5-10-18-28)29-19-11-6-12-20-29/h4-12,15-20,30-32,34H,13-14,21-26H2,1-3H3,(H,40,45)(H,41,46)(H,43,48)(H2,42,44,47). The summed E-state index contributed by atoms with van der Waals surface area (Å²) in [4.78, 5) is 50.9. The van der Waals surface area contributed by atoms with Crippen LogP contribution in [0.5, 0.6) is 0 Å². The van der Waals surface area contributed by atoms with E-state index in [1.165, 1.54) is 0 Å². The van der Waals surface area contributed by atoms with Gasteiger partial charge in [-0.1, -0.05) is 97.4 Å². The van der Waals surface area contributed by atoms with Gasteiger partial charge in [-0.2, -0.15) is 11.8 Å². The van der Waals surface area contributed by atoms with E-state index < -0.39 is 22.5 Å². The minimum atomic E-state index is -0.927. The maximum atomic E-state index is 13.7. The van der Waals surface area contributed by atoms with Gasteiger partial charge in [-0.15, -0.1) is 11.8 Å². The average molecular weight is 732 g/mol. The number of rotatable bonds is 16. The Labute approximate surface area is 309 Å². The van der Waals surface area contributed by atoms with Crippen LogP contribution in [0.2, 0.25) is 0 Å². The van der Waals surface area contributed by atoms with Crippen LogP contribution in [-0.4, -0.2) is 77.5 Å². The number of benzene rings is 3. The molecule has 10 nitrogen and oxygen atoms in total. The Morgan fingerprint density at radius 1 is 0.843 bits per heavy atom. The number of amides is 5. The lowest BCUT2D eigenvalue weighted by Gasteiger charge is -2.36. The molecule has 0 saturated carbocycles. The van der Waals surface area contributed by atoms with Gasteiger partial charge in [0.05, 0.1) is 16.8 Å². The summed E-state index contributed by atoms with van der Waals surface area (Å²) < 4.78 is 4.86. The topological polar surface area (TPSA) is 138 Å². The third kappa shape index (κ3) is 10.4. The Morgan fingerprint density at radius 3 is 1.98 bits per heavy atom. The first kappa shape index (κ1) is 38.1. The zero-order chi connectivity index (χ0) is 36.3. The van der Waals surface area contributed by atoms with Gasteiger partial charge in [0.2, 0.25) is 11.8 Å². The van der Waals surface area contributed by atoms with Crippen LogP contribution in [0.15, 0.2) is 91.0 Å². The van der Waals surface area contributed by atoms with Gasteiger partial charge in [0, 0.05) is 36.3 Å². The third-order valence-electron chi connectivity index (χ3n) is 8.84. The van der Waals surface area contributed by atoms with E-state index in [2.05, 4.69) is 63.0 Å². The van der Waals surface area contributed by atoms with Crippen LogP contribution in [0.1, 0.15) is 63.1 Å². The van der Waals surface area contributed by atoms with Crippen molar-refractivity contribution in [2.24, 2.45) is 0 Å². The molecule has 3 aromatic carbocycles. The van der Waals surface area contributed by atoms with E-state index in [0.717, 1.165) is 41.7 Å². The van der Waals surface area contributed by atoms with Crippen molar-refractivity contribution in [2.75, 3.05) is 24.6 Å². The molecule has 5 rings (SSSR count). The summed E-state index contributed by atoms with van der Waals surface area (Å²) in [6.45, 7) is 5.80. The van der Waals surface area contributed by atoms with Crippen LogP contribution < -0.4 is 26.6 Å². The summed E-state index contributed by atoms with van der Waals surface area (Å²) in [5, 5.41) is 15.0. The fraction of sp³-hybridized carbons (Fsp3) is 0.436. The Morgan fingerprint density at radius 2 is 1.41 bits per heavy atom. The Kier molecular flexibility index (Phi) is 13.3.